The van der Waals surface area contributed by atoms with Gasteiger partial charge in [0.15, 0.2) is 0 Å². The second-order valence-electron chi connectivity index (χ2n) is 9.37. The van der Waals surface area contributed by atoms with Gasteiger partial charge in [0.05, 0.1) is 12.0 Å². The van der Waals surface area contributed by atoms with E-state index in [1.54, 1.807) is 41.3 Å². The second-order valence-corrected chi connectivity index (χ2v) is 11.1. The number of rotatable bonds is 8. The van der Waals surface area contributed by atoms with Crippen LogP contribution in [0.1, 0.15) is 37.0 Å². The van der Waals surface area contributed by atoms with E-state index in [0.29, 0.717) is 55.4 Å². The van der Waals surface area contributed by atoms with Crippen molar-refractivity contribution in [2.75, 3.05) is 31.5 Å². The molecule has 40 heavy (non-hydrogen) atoms. The minimum Gasteiger partial charge on any atom is -0.497 e. The summed E-state index contributed by atoms with van der Waals surface area (Å²) in [6, 6.07) is 12.5. The average Bonchev–Trinajstić information content (AvgIpc) is 2.91. The van der Waals surface area contributed by atoms with Crippen LogP contribution < -0.4 is 14.8 Å². The lowest BCUT2D eigenvalue weighted by Crippen LogP contribution is -2.43. The number of nitrogens with one attached hydrogen (secondary N) is 2. The Bertz CT molecular complexity index is 1280. The molecular formula is C26H32F3N3O7S. The SMILES string of the molecule is COc1cccc(S(=O)(=O)Nc2ccc(C(=O)N3CCC(C(=O)NCC(C)C)CC3)cc2)c1.O=C(O)C(F)(F)F. The van der Waals surface area contributed by atoms with Gasteiger partial charge in [-0.15, -0.1) is 0 Å². The van der Waals surface area contributed by atoms with Gasteiger partial charge in [0.2, 0.25) is 5.91 Å². The van der Waals surface area contributed by atoms with Crippen molar-refractivity contribution in [3.63, 3.8) is 0 Å². The summed E-state index contributed by atoms with van der Waals surface area (Å²) < 4.78 is 64.6. The van der Waals surface area contributed by atoms with Crippen LogP contribution in [0, 0.1) is 11.8 Å². The predicted octanol–water partition coefficient (Wildman–Crippen LogP) is 3.75. The molecule has 10 nitrogen and oxygen atoms in total. The lowest BCUT2D eigenvalue weighted by Gasteiger charge is -2.31. The minimum atomic E-state index is -5.08. The quantitative estimate of drug-likeness (QED) is 0.427. The van der Waals surface area contributed by atoms with Crippen LogP contribution >= 0.6 is 0 Å². The van der Waals surface area contributed by atoms with Crippen LogP contribution in [-0.2, 0) is 19.6 Å². The largest absolute Gasteiger partial charge is 0.497 e. The summed E-state index contributed by atoms with van der Waals surface area (Å²) in [6.07, 6.45) is -3.82. The third kappa shape index (κ3) is 9.74. The summed E-state index contributed by atoms with van der Waals surface area (Å²) in [5.74, 6) is -2.05. The fourth-order valence-electron chi connectivity index (χ4n) is 3.64. The number of hydrogen-bond donors (Lipinski definition) is 3. The fourth-order valence-corrected chi connectivity index (χ4v) is 4.73. The van der Waals surface area contributed by atoms with Crippen LogP contribution in [0.3, 0.4) is 0 Å². The maximum Gasteiger partial charge on any atom is 0.490 e. The zero-order valence-electron chi connectivity index (χ0n) is 22.2. The highest BCUT2D eigenvalue weighted by atomic mass is 32.2. The Morgan fingerprint density at radius 1 is 1.07 bits per heavy atom. The van der Waals surface area contributed by atoms with E-state index in [9.17, 15) is 31.2 Å². The molecule has 2 aromatic carbocycles. The molecular weight excluding hydrogens is 555 g/mol. The molecule has 14 heteroatoms. The van der Waals surface area contributed by atoms with E-state index >= 15 is 0 Å². The van der Waals surface area contributed by atoms with Crippen molar-refractivity contribution in [1.82, 2.24) is 10.2 Å². The van der Waals surface area contributed by atoms with Gasteiger partial charge in [-0.05, 0) is 55.2 Å². The molecule has 0 bridgehead atoms. The monoisotopic (exact) mass is 587 g/mol. The van der Waals surface area contributed by atoms with Crippen molar-refractivity contribution in [3.05, 3.63) is 54.1 Å². The van der Waals surface area contributed by atoms with E-state index < -0.39 is 22.2 Å². The summed E-state index contributed by atoms with van der Waals surface area (Å²) in [5.41, 5.74) is 0.830. The van der Waals surface area contributed by atoms with Gasteiger partial charge >= 0.3 is 12.1 Å². The van der Waals surface area contributed by atoms with Crippen LogP contribution in [0.2, 0.25) is 0 Å². The number of amides is 2. The summed E-state index contributed by atoms with van der Waals surface area (Å²) in [4.78, 5) is 35.8. The van der Waals surface area contributed by atoms with Crippen LogP contribution in [0.4, 0.5) is 18.9 Å². The first-order valence-electron chi connectivity index (χ1n) is 12.3. The minimum absolute atomic E-state index is 0.0588. The number of likely N-dealkylation sites (tertiary alicyclic amines) is 1. The number of nitrogens with zero attached hydrogens (tertiary/aromatic N) is 1. The number of ether oxygens (including phenoxy) is 1. The van der Waals surface area contributed by atoms with E-state index in [0.717, 1.165) is 0 Å². The molecule has 1 saturated heterocycles. The average molecular weight is 588 g/mol. The van der Waals surface area contributed by atoms with Crippen LogP contribution in [0.5, 0.6) is 5.75 Å². The lowest BCUT2D eigenvalue weighted by molar-refractivity contribution is -0.192. The van der Waals surface area contributed by atoms with Crippen molar-refractivity contribution in [2.24, 2.45) is 11.8 Å². The molecule has 0 atom stereocenters. The maximum atomic E-state index is 12.9. The van der Waals surface area contributed by atoms with Gasteiger partial charge in [0.1, 0.15) is 5.75 Å². The molecule has 2 aromatic rings. The topological polar surface area (TPSA) is 142 Å². The van der Waals surface area contributed by atoms with Crippen molar-refractivity contribution in [2.45, 2.75) is 37.8 Å². The number of piperidine rings is 1. The van der Waals surface area contributed by atoms with E-state index in [1.807, 2.05) is 0 Å². The molecule has 1 fully saturated rings. The molecule has 1 aliphatic heterocycles. The second kappa shape index (κ2) is 14.0. The van der Waals surface area contributed by atoms with E-state index in [1.165, 1.54) is 19.2 Å². The molecule has 0 radical (unpaired) electrons. The van der Waals surface area contributed by atoms with Gasteiger partial charge < -0.3 is 20.1 Å². The molecule has 0 aromatic heterocycles. The van der Waals surface area contributed by atoms with Gasteiger partial charge in [-0.2, -0.15) is 13.2 Å². The molecule has 0 aliphatic carbocycles. The number of methoxy groups -OCH3 is 1. The normalized spacial score (nSPS) is 14.1. The molecule has 2 amide bonds. The fraction of sp³-hybridized carbons (Fsp3) is 0.423. The number of carbonyl (C=O) groups excluding carboxylic acids is 2. The van der Waals surface area contributed by atoms with Crippen LogP contribution in [0.15, 0.2) is 53.4 Å². The molecule has 0 saturated carbocycles. The first-order valence-corrected chi connectivity index (χ1v) is 13.8. The Balaban J connectivity index is 0.000000708. The molecule has 0 spiro atoms. The van der Waals surface area contributed by atoms with Crippen molar-refractivity contribution >= 4 is 33.5 Å². The number of anilines is 1. The summed E-state index contributed by atoms with van der Waals surface area (Å²) in [7, 11) is -2.32. The van der Waals surface area contributed by atoms with Crippen LogP contribution in [-0.4, -0.2) is 69.1 Å². The van der Waals surface area contributed by atoms with Crippen LogP contribution in [0.25, 0.3) is 0 Å². The van der Waals surface area contributed by atoms with Gasteiger partial charge in [0.25, 0.3) is 15.9 Å². The Hall–Kier alpha value is -3.81. The first kappa shape index (κ1) is 32.4. The zero-order valence-corrected chi connectivity index (χ0v) is 23.0. The predicted molar refractivity (Wildman–Crippen MR) is 140 cm³/mol. The number of carbonyl (C=O) groups is 3. The standard InChI is InChI=1S/C24H31N3O5S.C2HF3O2/c1-17(2)16-25-23(28)18-11-13-27(14-12-18)24(29)19-7-9-20(10-8-19)26-33(30,31)22-6-4-5-21(15-22)32-3;3-2(4,5)1(6)7/h4-10,15,17-18,26H,11-14,16H2,1-3H3,(H,25,28);(H,6,7). The smallest absolute Gasteiger partial charge is 0.490 e. The number of carboxylic acid groups (broad SMARTS) is 1. The van der Waals surface area contributed by atoms with Gasteiger partial charge in [-0.25, -0.2) is 13.2 Å². The van der Waals surface area contributed by atoms with Crippen molar-refractivity contribution < 1.29 is 45.8 Å². The van der Waals surface area contributed by atoms with E-state index in [-0.39, 0.29) is 22.6 Å². The van der Waals surface area contributed by atoms with Gasteiger partial charge in [0, 0.05) is 42.9 Å². The molecule has 3 N–H and O–H groups in total. The Morgan fingerprint density at radius 2 is 1.65 bits per heavy atom. The van der Waals surface area contributed by atoms with E-state index in [2.05, 4.69) is 23.9 Å². The Kier molecular flexibility index (Phi) is 11.3. The molecule has 220 valence electrons. The Morgan fingerprint density at radius 3 is 2.15 bits per heavy atom. The van der Waals surface area contributed by atoms with Gasteiger partial charge in [-0.3, -0.25) is 14.3 Å². The van der Waals surface area contributed by atoms with Crippen molar-refractivity contribution in [3.8, 4) is 5.75 Å². The maximum absolute atomic E-state index is 12.9. The number of alkyl halides is 3. The number of hydrogen-bond acceptors (Lipinski definition) is 6. The third-order valence-electron chi connectivity index (χ3n) is 5.82. The number of benzene rings is 2. The highest BCUT2D eigenvalue weighted by Gasteiger charge is 2.38. The summed E-state index contributed by atoms with van der Waals surface area (Å²) in [6.45, 7) is 5.80. The zero-order chi connectivity index (χ0) is 30.1. The summed E-state index contributed by atoms with van der Waals surface area (Å²) >= 11 is 0. The highest BCUT2D eigenvalue weighted by Crippen LogP contribution is 2.23. The third-order valence-corrected chi connectivity index (χ3v) is 7.19. The first-order chi connectivity index (χ1) is 18.6. The lowest BCUT2D eigenvalue weighted by atomic mass is 9.95. The highest BCUT2D eigenvalue weighted by molar-refractivity contribution is 7.92. The number of carboxylic acids is 1. The number of aliphatic carboxylic acids is 1. The number of halogens is 3. The number of sulfonamides is 1. The van der Waals surface area contributed by atoms with Gasteiger partial charge in [-0.1, -0.05) is 19.9 Å². The molecule has 0 unspecified atom stereocenters. The van der Waals surface area contributed by atoms with Crippen molar-refractivity contribution in [1.29, 1.82) is 0 Å². The molecule has 3 rings (SSSR count). The Labute approximate surface area is 230 Å². The summed E-state index contributed by atoms with van der Waals surface area (Å²) in [5, 5.41) is 10.1. The molecule has 1 heterocycles. The van der Waals surface area contributed by atoms with E-state index in [4.69, 9.17) is 14.6 Å². The molecule has 1 aliphatic rings.